The molecule has 0 aliphatic heterocycles. The molecule has 1 heterocycles. The monoisotopic (exact) mass is 350 g/mol. The Labute approximate surface area is 131 Å². The van der Waals surface area contributed by atoms with Crippen LogP contribution in [-0.2, 0) is 0 Å². The molecule has 1 aromatic carbocycles. The van der Waals surface area contributed by atoms with Crippen molar-refractivity contribution in [3.63, 3.8) is 0 Å². The van der Waals surface area contributed by atoms with E-state index in [-0.39, 0.29) is 0 Å². The maximum Gasteiger partial charge on any atom is 0.314 e. The van der Waals surface area contributed by atoms with Gasteiger partial charge in [0.15, 0.2) is 0 Å². The van der Waals surface area contributed by atoms with Gasteiger partial charge in [-0.1, -0.05) is 41.8 Å². The molecule has 5 heteroatoms. The summed E-state index contributed by atoms with van der Waals surface area (Å²) in [5.74, 6) is 1.46. The van der Waals surface area contributed by atoms with Crippen LogP contribution in [0.2, 0.25) is 0 Å². The molecule has 1 unspecified atom stereocenters. The third-order valence-corrected chi connectivity index (χ3v) is 5.82. The second-order valence-corrected chi connectivity index (χ2v) is 7.12. The molecule has 0 bridgehead atoms. The van der Waals surface area contributed by atoms with Crippen LogP contribution in [0.1, 0.15) is 43.0 Å². The third kappa shape index (κ3) is 2.98. The summed E-state index contributed by atoms with van der Waals surface area (Å²) in [7, 11) is 0. The van der Waals surface area contributed by atoms with Crippen LogP contribution in [-0.4, -0.2) is 9.97 Å². The van der Waals surface area contributed by atoms with Gasteiger partial charge in [-0.05, 0) is 42.4 Å². The lowest BCUT2D eigenvalue weighted by Gasteiger charge is -2.30. The average Bonchev–Trinajstić information content (AvgIpc) is 2.48. The minimum atomic E-state index is -0.605. The highest BCUT2D eigenvalue weighted by molar-refractivity contribution is 9.09. The van der Waals surface area contributed by atoms with Crippen LogP contribution in [0.4, 0.5) is 0 Å². The predicted octanol–water partition coefficient (Wildman–Crippen LogP) is 3.48. The minimum absolute atomic E-state index is 0.296. The number of hydrogen-bond acceptors (Lipinski definition) is 2. The number of fused-ring (bicyclic) bond motifs is 1. The van der Waals surface area contributed by atoms with Crippen molar-refractivity contribution in [3.05, 3.63) is 44.5 Å². The fourth-order valence-electron chi connectivity index (χ4n) is 3.15. The van der Waals surface area contributed by atoms with Crippen molar-refractivity contribution in [1.29, 1.82) is 0 Å². The molecule has 1 atom stereocenters. The zero-order valence-corrected chi connectivity index (χ0v) is 13.6. The van der Waals surface area contributed by atoms with E-state index in [0.717, 1.165) is 11.5 Å². The Bertz CT molecular complexity index is 757. The summed E-state index contributed by atoms with van der Waals surface area (Å²) in [5.41, 5.74) is 1.31. The fraction of sp³-hybridized carbons (Fsp3) is 0.500. The number of halogens is 1. The van der Waals surface area contributed by atoms with Crippen molar-refractivity contribution in [2.75, 3.05) is 0 Å². The molecular formula is C16H19BrN2O2. The predicted molar refractivity (Wildman–Crippen MR) is 88.0 cm³/mol. The van der Waals surface area contributed by atoms with Gasteiger partial charge in [-0.15, -0.1) is 0 Å². The Balaban J connectivity index is 1.91. The van der Waals surface area contributed by atoms with Gasteiger partial charge in [-0.3, -0.25) is 9.59 Å². The molecule has 0 radical (unpaired) electrons. The number of aromatic amines is 2. The van der Waals surface area contributed by atoms with Gasteiger partial charge in [0, 0.05) is 4.83 Å². The summed E-state index contributed by atoms with van der Waals surface area (Å²) in [6.45, 7) is 2.32. The molecule has 0 amide bonds. The van der Waals surface area contributed by atoms with E-state index in [1.165, 1.54) is 25.7 Å². The van der Waals surface area contributed by atoms with E-state index in [9.17, 15) is 9.59 Å². The number of benzene rings is 1. The second kappa shape index (κ2) is 5.79. The number of rotatable bonds is 2. The van der Waals surface area contributed by atoms with Crippen LogP contribution in [0.25, 0.3) is 11.0 Å². The van der Waals surface area contributed by atoms with Crippen LogP contribution in [0.5, 0.6) is 0 Å². The summed E-state index contributed by atoms with van der Waals surface area (Å²) in [4.78, 5) is 28.3. The summed E-state index contributed by atoms with van der Waals surface area (Å²) < 4.78 is 0. The Morgan fingerprint density at radius 1 is 1.05 bits per heavy atom. The van der Waals surface area contributed by atoms with Gasteiger partial charge in [-0.2, -0.15) is 0 Å². The topological polar surface area (TPSA) is 65.7 Å². The summed E-state index contributed by atoms with van der Waals surface area (Å²) >= 11 is 3.82. The van der Waals surface area contributed by atoms with E-state index in [2.05, 4.69) is 32.8 Å². The van der Waals surface area contributed by atoms with Crippen LogP contribution in [0.3, 0.4) is 0 Å². The van der Waals surface area contributed by atoms with Gasteiger partial charge >= 0.3 is 11.1 Å². The number of nitrogens with one attached hydrogen (secondary N) is 2. The normalized spacial score (nSPS) is 24.1. The SMILES string of the molecule is CC1CCC(C(Br)c2ccc3[nH]c(=O)c(=O)[nH]c3c2)CC1. The lowest BCUT2D eigenvalue weighted by atomic mass is 9.80. The Kier molecular flexibility index (Phi) is 4.02. The molecule has 1 aromatic heterocycles. The smallest absolute Gasteiger partial charge is 0.314 e. The lowest BCUT2D eigenvalue weighted by Crippen LogP contribution is -2.28. The number of hydrogen-bond donors (Lipinski definition) is 2. The Morgan fingerprint density at radius 3 is 2.33 bits per heavy atom. The van der Waals surface area contributed by atoms with E-state index in [1.54, 1.807) is 0 Å². The quantitative estimate of drug-likeness (QED) is 0.643. The maximum atomic E-state index is 11.4. The second-order valence-electron chi connectivity index (χ2n) is 6.13. The minimum Gasteiger partial charge on any atom is -0.316 e. The first kappa shape index (κ1) is 14.6. The number of H-pyrrole nitrogens is 2. The highest BCUT2D eigenvalue weighted by atomic mass is 79.9. The summed E-state index contributed by atoms with van der Waals surface area (Å²) in [5, 5.41) is 0. The van der Waals surface area contributed by atoms with Gasteiger partial charge in [0.25, 0.3) is 0 Å². The maximum absolute atomic E-state index is 11.4. The Hall–Kier alpha value is -1.36. The van der Waals surface area contributed by atoms with Crippen molar-refractivity contribution < 1.29 is 0 Å². The first-order valence-corrected chi connectivity index (χ1v) is 8.36. The number of alkyl halides is 1. The van der Waals surface area contributed by atoms with Gasteiger partial charge in [0.05, 0.1) is 11.0 Å². The molecule has 112 valence electrons. The molecule has 4 nitrogen and oxygen atoms in total. The molecular weight excluding hydrogens is 332 g/mol. The summed E-state index contributed by atoms with van der Waals surface area (Å²) in [6.07, 6.45) is 5.03. The van der Waals surface area contributed by atoms with E-state index in [0.29, 0.717) is 21.8 Å². The van der Waals surface area contributed by atoms with Gasteiger partial charge in [-0.25, -0.2) is 0 Å². The van der Waals surface area contributed by atoms with Crippen LogP contribution in [0.15, 0.2) is 27.8 Å². The molecule has 2 aromatic rings. The van der Waals surface area contributed by atoms with Crippen LogP contribution < -0.4 is 11.1 Å². The molecule has 0 saturated heterocycles. The van der Waals surface area contributed by atoms with E-state index in [4.69, 9.17) is 0 Å². The molecule has 1 fully saturated rings. The lowest BCUT2D eigenvalue weighted by molar-refractivity contribution is 0.287. The zero-order valence-electron chi connectivity index (χ0n) is 12.0. The Morgan fingerprint density at radius 2 is 1.67 bits per heavy atom. The van der Waals surface area contributed by atoms with Crippen LogP contribution >= 0.6 is 15.9 Å². The fourth-order valence-corrected chi connectivity index (χ4v) is 3.97. The third-order valence-electron chi connectivity index (χ3n) is 4.54. The first-order valence-electron chi connectivity index (χ1n) is 7.45. The molecule has 21 heavy (non-hydrogen) atoms. The standard InChI is InChI=1S/C16H19BrN2O2/c1-9-2-4-10(5-3-9)14(17)11-6-7-12-13(8-11)19-16(21)15(20)18-12/h6-10,14H,2-5H2,1H3,(H,18,20)(H,19,21). The zero-order chi connectivity index (χ0) is 15.0. The van der Waals surface area contributed by atoms with Crippen molar-refractivity contribution in [2.45, 2.75) is 37.4 Å². The molecule has 2 N–H and O–H groups in total. The van der Waals surface area contributed by atoms with E-state index < -0.39 is 11.1 Å². The van der Waals surface area contributed by atoms with Crippen molar-refractivity contribution in [2.24, 2.45) is 11.8 Å². The van der Waals surface area contributed by atoms with Crippen LogP contribution in [0, 0.1) is 11.8 Å². The van der Waals surface area contributed by atoms with E-state index in [1.807, 2.05) is 18.2 Å². The molecule has 0 spiro atoms. The van der Waals surface area contributed by atoms with Crippen molar-refractivity contribution >= 4 is 27.0 Å². The van der Waals surface area contributed by atoms with Crippen molar-refractivity contribution in [1.82, 2.24) is 9.97 Å². The highest BCUT2D eigenvalue weighted by Crippen LogP contribution is 2.41. The largest absolute Gasteiger partial charge is 0.316 e. The summed E-state index contributed by atoms with van der Waals surface area (Å²) in [6, 6.07) is 5.85. The average molecular weight is 351 g/mol. The van der Waals surface area contributed by atoms with Gasteiger partial charge in [0.2, 0.25) is 0 Å². The molecule has 3 rings (SSSR count). The number of aromatic nitrogens is 2. The molecule has 1 saturated carbocycles. The van der Waals surface area contributed by atoms with Gasteiger partial charge in [0.1, 0.15) is 0 Å². The first-order chi connectivity index (χ1) is 10.0. The van der Waals surface area contributed by atoms with E-state index >= 15 is 0 Å². The van der Waals surface area contributed by atoms with Gasteiger partial charge < -0.3 is 9.97 Å². The highest BCUT2D eigenvalue weighted by Gasteiger charge is 2.25. The molecule has 1 aliphatic rings. The van der Waals surface area contributed by atoms with Crippen molar-refractivity contribution in [3.8, 4) is 0 Å². The molecule has 1 aliphatic carbocycles.